The molecule has 26 heavy (non-hydrogen) atoms. The highest BCUT2D eigenvalue weighted by Crippen LogP contribution is 2.30. The van der Waals surface area contributed by atoms with Crippen molar-refractivity contribution in [3.63, 3.8) is 0 Å². The summed E-state index contributed by atoms with van der Waals surface area (Å²) in [5, 5.41) is 0. The van der Waals surface area contributed by atoms with E-state index in [1.165, 1.54) is 0 Å². The first-order valence-electron chi connectivity index (χ1n) is 10.3. The van der Waals surface area contributed by atoms with Crippen molar-refractivity contribution in [3.05, 3.63) is 34.3 Å². The summed E-state index contributed by atoms with van der Waals surface area (Å²) in [5.74, 6) is 0.867. The molecule has 0 aromatic carbocycles. The van der Waals surface area contributed by atoms with E-state index in [0.717, 1.165) is 96.9 Å². The molecule has 4 nitrogen and oxygen atoms in total. The molecule has 0 amide bonds. The molecule has 0 N–H and O–H groups in total. The van der Waals surface area contributed by atoms with Crippen LogP contribution in [0.5, 0.6) is 0 Å². The van der Waals surface area contributed by atoms with E-state index < -0.39 is 0 Å². The van der Waals surface area contributed by atoms with Gasteiger partial charge in [-0.2, -0.15) is 0 Å². The van der Waals surface area contributed by atoms with Crippen LogP contribution in [0.4, 0.5) is 0 Å². The summed E-state index contributed by atoms with van der Waals surface area (Å²) < 4.78 is 0. The maximum Gasteiger partial charge on any atom is 0.125 e. The molecular formula is C22H34N4. The average molecular weight is 355 g/mol. The van der Waals surface area contributed by atoms with Crippen molar-refractivity contribution in [1.29, 1.82) is 0 Å². The first-order valence-corrected chi connectivity index (χ1v) is 10.3. The number of aryl methyl sites for hydroxylation is 6. The Morgan fingerprint density at radius 2 is 1.00 bits per heavy atom. The van der Waals surface area contributed by atoms with Crippen LogP contribution in [0.2, 0.25) is 0 Å². The summed E-state index contributed by atoms with van der Waals surface area (Å²) in [6.07, 6.45) is 8.11. The Morgan fingerprint density at radius 3 is 1.50 bits per heavy atom. The summed E-state index contributed by atoms with van der Waals surface area (Å²) in [4.78, 5) is 19.7. The molecule has 2 heterocycles. The van der Waals surface area contributed by atoms with Crippen LogP contribution in [0.15, 0.2) is 0 Å². The average Bonchev–Trinajstić information content (AvgIpc) is 2.59. The smallest absolute Gasteiger partial charge is 0.125 e. The first-order chi connectivity index (χ1) is 12.5. The van der Waals surface area contributed by atoms with E-state index in [9.17, 15) is 0 Å². The molecule has 0 unspecified atom stereocenters. The molecule has 0 spiro atoms. The van der Waals surface area contributed by atoms with Gasteiger partial charge < -0.3 is 0 Å². The molecule has 2 aromatic heterocycles. The zero-order valence-corrected chi connectivity index (χ0v) is 17.4. The maximum atomic E-state index is 5.12. The van der Waals surface area contributed by atoms with Crippen LogP contribution < -0.4 is 0 Å². The van der Waals surface area contributed by atoms with Crippen molar-refractivity contribution in [3.8, 4) is 11.3 Å². The number of nitrogens with zero attached hydrogens (tertiary/aromatic N) is 4. The molecule has 0 aliphatic carbocycles. The first kappa shape index (κ1) is 20.5. The van der Waals surface area contributed by atoms with Crippen LogP contribution in [0.25, 0.3) is 11.3 Å². The lowest BCUT2D eigenvalue weighted by molar-refractivity contribution is 0.792. The third-order valence-corrected chi connectivity index (χ3v) is 4.60. The van der Waals surface area contributed by atoms with Crippen molar-refractivity contribution in [2.24, 2.45) is 0 Å². The number of aromatic nitrogens is 4. The monoisotopic (exact) mass is 354 g/mol. The molecule has 0 aliphatic heterocycles. The fraction of sp³-hybridized carbons (Fsp3) is 0.636. The van der Waals surface area contributed by atoms with Crippen molar-refractivity contribution in [2.45, 2.75) is 92.9 Å². The summed E-state index contributed by atoms with van der Waals surface area (Å²) in [5.41, 5.74) is 7.77. The van der Waals surface area contributed by atoms with Gasteiger partial charge in [-0.05, 0) is 39.5 Å². The van der Waals surface area contributed by atoms with Crippen LogP contribution in [0.3, 0.4) is 0 Å². The molecule has 0 saturated carbocycles. The Bertz CT molecular complexity index is 710. The molecule has 4 heteroatoms. The number of hydrogen-bond donors (Lipinski definition) is 0. The summed E-state index contributed by atoms with van der Waals surface area (Å²) in [6.45, 7) is 12.9. The van der Waals surface area contributed by atoms with Crippen molar-refractivity contribution in [2.75, 3.05) is 0 Å². The number of rotatable bonds is 9. The van der Waals surface area contributed by atoms with E-state index in [0.29, 0.717) is 0 Å². The van der Waals surface area contributed by atoms with Crippen LogP contribution in [0, 0.1) is 13.8 Å². The fourth-order valence-corrected chi connectivity index (χ4v) is 3.49. The van der Waals surface area contributed by atoms with E-state index in [1.54, 1.807) is 0 Å². The van der Waals surface area contributed by atoms with Gasteiger partial charge in [0, 0.05) is 5.56 Å². The zero-order chi connectivity index (χ0) is 19.1. The molecule has 2 aromatic rings. The quantitative estimate of drug-likeness (QED) is 0.608. The van der Waals surface area contributed by atoms with Crippen LogP contribution in [-0.4, -0.2) is 19.9 Å². The second kappa shape index (κ2) is 9.75. The Hall–Kier alpha value is -1.84. The molecular weight excluding hydrogens is 320 g/mol. The van der Waals surface area contributed by atoms with Gasteiger partial charge in [0.05, 0.1) is 34.2 Å². The van der Waals surface area contributed by atoms with E-state index in [4.69, 9.17) is 19.9 Å². The molecule has 0 saturated heterocycles. The van der Waals surface area contributed by atoms with Gasteiger partial charge in [-0.3, -0.25) is 4.98 Å². The Labute approximate surface area is 158 Å². The van der Waals surface area contributed by atoms with Crippen molar-refractivity contribution >= 4 is 0 Å². The molecule has 142 valence electrons. The van der Waals surface area contributed by atoms with E-state index in [-0.39, 0.29) is 0 Å². The minimum atomic E-state index is 0.867. The molecule has 0 atom stereocenters. The summed E-state index contributed by atoms with van der Waals surface area (Å²) >= 11 is 0. The Morgan fingerprint density at radius 1 is 0.538 bits per heavy atom. The lowest BCUT2D eigenvalue weighted by atomic mass is 9.98. The highest BCUT2D eigenvalue weighted by molar-refractivity contribution is 5.67. The van der Waals surface area contributed by atoms with Gasteiger partial charge in [0.2, 0.25) is 0 Å². The summed E-state index contributed by atoms with van der Waals surface area (Å²) in [7, 11) is 0. The lowest BCUT2D eigenvalue weighted by Gasteiger charge is -2.18. The largest absolute Gasteiger partial charge is 0.254 e. The summed E-state index contributed by atoms with van der Waals surface area (Å²) in [6, 6.07) is 0. The third-order valence-electron chi connectivity index (χ3n) is 4.60. The second-order valence-electron chi connectivity index (χ2n) is 7.09. The predicted octanol–water partition coefficient (Wildman–Crippen LogP) is 5.36. The fourth-order valence-electron chi connectivity index (χ4n) is 3.49. The van der Waals surface area contributed by atoms with Crippen molar-refractivity contribution < 1.29 is 0 Å². The molecule has 0 fully saturated rings. The van der Waals surface area contributed by atoms with Crippen LogP contribution in [-0.2, 0) is 25.7 Å². The van der Waals surface area contributed by atoms with Crippen molar-refractivity contribution in [1.82, 2.24) is 19.9 Å². The minimum Gasteiger partial charge on any atom is -0.254 e. The minimum absolute atomic E-state index is 0.867. The van der Waals surface area contributed by atoms with Gasteiger partial charge in [0.1, 0.15) is 5.82 Å². The molecule has 2 rings (SSSR count). The lowest BCUT2D eigenvalue weighted by Crippen LogP contribution is -2.11. The van der Waals surface area contributed by atoms with Gasteiger partial charge in [0.25, 0.3) is 0 Å². The standard InChI is InChI=1S/C22H34N4/c1-7-11-17-15(5)23-20(14-10-4)22(26-17)21-18(12-8-2)24-16(6)25-19(21)13-9-3/h7-14H2,1-6H3. The molecule has 0 bridgehead atoms. The Balaban J connectivity index is 2.76. The van der Waals surface area contributed by atoms with Gasteiger partial charge in [-0.1, -0.05) is 53.4 Å². The van der Waals surface area contributed by atoms with Crippen LogP contribution >= 0.6 is 0 Å². The number of hydrogen-bond acceptors (Lipinski definition) is 4. The normalized spacial score (nSPS) is 11.2. The zero-order valence-electron chi connectivity index (χ0n) is 17.4. The highest BCUT2D eigenvalue weighted by atomic mass is 14.9. The molecule has 0 radical (unpaired) electrons. The van der Waals surface area contributed by atoms with Gasteiger partial charge in [-0.15, -0.1) is 0 Å². The second-order valence-corrected chi connectivity index (χ2v) is 7.09. The van der Waals surface area contributed by atoms with Gasteiger partial charge in [-0.25, -0.2) is 15.0 Å². The SMILES string of the molecule is CCCc1nc(-c2c(CCC)nc(C)nc2CCC)c(CCC)nc1C. The topological polar surface area (TPSA) is 51.6 Å². The third kappa shape index (κ3) is 4.66. The van der Waals surface area contributed by atoms with Gasteiger partial charge >= 0.3 is 0 Å². The van der Waals surface area contributed by atoms with Crippen LogP contribution in [0.1, 0.15) is 87.7 Å². The van der Waals surface area contributed by atoms with Gasteiger partial charge in [0.15, 0.2) is 0 Å². The van der Waals surface area contributed by atoms with E-state index >= 15 is 0 Å². The van der Waals surface area contributed by atoms with E-state index in [2.05, 4.69) is 34.6 Å². The predicted molar refractivity (Wildman–Crippen MR) is 109 cm³/mol. The van der Waals surface area contributed by atoms with E-state index in [1.807, 2.05) is 6.92 Å². The maximum absolute atomic E-state index is 5.12. The molecule has 0 aliphatic rings. The Kier molecular flexibility index (Phi) is 7.67. The highest BCUT2D eigenvalue weighted by Gasteiger charge is 2.20.